The highest BCUT2D eigenvalue weighted by molar-refractivity contribution is 5.69. The molecule has 1 aliphatic rings. The smallest absolute Gasteiger partial charge is 0.444 e. The Labute approximate surface area is 148 Å². The van der Waals surface area contributed by atoms with E-state index in [9.17, 15) is 9.59 Å². The molecule has 138 valence electrons. The van der Waals surface area contributed by atoms with E-state index in [2.05, 4.69) is 5.32 Å². The summed E-state index contributed by atoms with van der Waals surface area (Å²) < 4.78 is 15.8. The van der Waals surface area contributed by atoms with Crippen molar-refractivity contribution in [3.63, 3.8) is 0 Å². The maximum Gasteiger partial charge on any atom is 0.514 e. The zero-order valence-electron chi connectivity index (χ0n) is 15.7. The summed E-state index contributed by atoms with van der Waals surface area (Å²) in [7, 11) is 0. The maximum atomic E-state index is 11.9. The molecule has 1 aromatic rings. The van der Waals surface area contributed by atoms with Crippen LogP contribution in [0.3, 0.4) is 0 Å². The number of rotatable bonds is 3. The van der Waals surface area contributed by atoms with Crippen LogP contribution in [0.15, 0.2) is 24.3 Å². The van der Waals surface area contributed by atoms with Crippen molar-refractivity contribution >= 4 is 12.2 Å². The highest BCUT2D eigenvalue weighted by Gasteiger charge is 2.42. The van der Waals surface area contributed by atoms with Gasteiger partial charge in [0.25, 0.3) is 0 Å². The number of ether oxygens (including phenoxy) is 3. The second-order valence-electron chi connectivity index (χ2n) is 8.20. The maximum absolute atomic E-state index is 11.9. The second-order valence-corrected chi connectivity index (χ2v) is 8.20. The number of alkyl carbamates (subject to hydrolysis) is 1. The number of hydrogen-bond acceptors (Lipinski definition) is 5. The second kappa shape index (κ2) is 6.94. The number of nitrogens with one attached hydrogen (secondary N) is 1. The van der Waals surface area contributed by atoms with E-state index in [1.54, 1.807) is 32.9 Å². The molecule has 1 saturated carbocycles. The van der Waals surface area contributed by atoms with Crippen LogP contribution in [-0.4, -0.2) is 29.5 Å². The fraction of sp³-hybridized carbons (Fsp3) is 0.579. The molecule has 0 bridgehead atoms. The van der Waals surface area contributed by atoms with Crippen molar-refractivity contribution in [1.29, 1.82) is 0 Å². The van der Waals surface area contributed by atoms with Crippen LogP contribution < -0.4 is 10.1 Å². The quantitative estimate of drug-likeness (QED) is 0.647. The number of hydrogen-bond donors (Lipinski definition) is 1. The van der Waals surface area contributed by atoms with E-state index >= 15 is 0 Å². The summed E-state index contributed by atoms with van der Waals surface area (Å²) in [6.07, 6.45) is -0.406. The first kappa shape index (κ1) is 19.1. The zero-order valence-corrected chi connectivity index (χ0v) is 15.7. The molecule has 0 aliphatic heterocycles. The zero-order chi connectivity index (χ0) is 18.8. The summed E-state index contributed by atoms with van der Waals surface area (Å²) >= 11 is 0. The van der Waals surface area contributed by atoms with Crippen LogP contribution in [0.4, 0.5) is 9.59 Å². The summed E-state index contributed by atoms with van der Waals surface area (Å²) in [5.41, 5.74) is -0.284. The topological polar surface area (TPSA) is 73.9 Å². The largest absolute Gasteiger partial charge is 0.514 e. The van der Waals surface area contributed by atoms with E-state index in [0.717, 1.165) is 12.0 Å². The van der Waals surface area contributed by atoms with E-state index in [-0.39, 0.29) is 12.0 Å². The molecule has 0 heterocycles. The molecule has 1 aliphatic carbocycles. The number of carbonyl (C=O) groups excluding carboxylic acids is 2. The van der Waals surface area contributed by atoms with Crippen molar-refractivity contribution in [3.8, 4) is 5.75 Å². The highest BCUT2D eigenvalue weighted by Crippen LogP contribution is 2.44. The average molecular weight is 349 g/mol. The summed E-state index contributed by atoms with van der Waals surface area (Å²) in [6.45, 7) is 10.8. The molecule has 0 radical (unpaired) electrons. The lowest BCUT2D eigenvalue weighted by atomic mass is 10.1. The van der Waals surface area contributed by atoms with E-state index in [4.69, 9.17) is 14.2 Å². The van der Waals surface area contributed by atoms with E-state index in [1.165, 1.54) is 0 Å². The van der Waals surface area contributed by atoms with Crippen LogP contribution in [0.1, 0.15) is 59.4 Å². The Hall–Kier alpha value is -2.24. The lowest BCUT2D eigenvalue weighted by Crippen LogP contribution is -2.34. The predicted octanol–water partition coefficient (Wildman–Crippen LogP) is 4.38. The Kier molecular flexibility index (Phi) is 5.30. The predicted molar refractivity (Wildman–Crippen MR) is 93.8 cm³/mol. The monoisotopic (exact) mass is 349 g/mol. The number of benzene rings is 1. The van der Waals surface area contributed by atoms with Crippen molar-refractivity contribution in [3.05, 3.63) is 29.8 Å². The molecule has 2 rings (SSSR count). The molecule has 2 atom stereocenters. The molecule has 6 heteroatoms. The van der Waals surface area contributed by atoms with E-state index in [1.807, 2.05) is 32.9 Å². The first-order valence-electron chi connectivity index (χ1n) is 8.44. The van der Waals surface area contributed by atoms with Crippen LogP contribution >= 0.6 is 0 Å². The Morgan fingerprint density at radius 3 is 2.20 bits per heavy atom. The lowest BCUT2D eigenvalue weighted by molar-refractivity contribution is 0.0203. The normalized spacial score (nSPS) is 19.8. The van der Waals surface area contributed by atoms with Crippen molar-refractivity contribution < 1.29 is 23.8 Å². The van der Waals surface area contributed by atoms with Crippen LogP contribution in [0.5, 0.6) is 5.75 Å². The van der Waals surface area contributed by atoms with Crippen molar-refractivity contribution in [2.24, 2.45) is 0 Å². The molecule has 0 aromatic heterocycles. The fourth-order valence-corrected chi connectivity index (χ4v) is 2.40. The number of amides is 1. The molecule has 0 saturated heterocycles. The van der Waals surface area contributed by atoms with E-state index in [0.29, 0.717) is 5.75 Å². The van der Waals surface area contributed by atoms with Gasteiger partial charge in [0.05, 0.1) is 0 Å². The molecular formula is C19H27NO5. The van der Waals surface area contributed by atoms with Crippen molar-refractivity contribution in [1.82, 2.24) is 5.32 Å². The standard InChI is InChI=1S/C19H27NO5/c1-18(2,3)24-16(21)20-14-11-13(14)12-9-7-8-10-15(12)23-17(22)25-19(4,5)6/h7-10,13-14H,11H2,1-6H3,(H,20,21). The molecule has 1 N–H and O–H groups in total. The van der Waals surface area contributed by atoms with Gasteiger partial charge >= 0.3 is 12.2 Å². The summed E-state index contributed by atoms with van der Waals surface area (Å²) in [5.74, 6) is 0.543. The number of carbonyl (C=O) groups is 2. The summed E-state index contributed by atoms with van der Waals surface area (Å²) in [4.78, 5) is 23.8. The van der Waals surface area contributed by atoms with Gasteiger partial charge in [-0.3, -0.25) is 0 Å². The molecule has 1 amide bonds. The first-order valence-corrected chi connectivity index (χ1v) is 8.44. The number of para-hydroxylation sites is 1. The average Bonchev–Trinajstić information content (AvgIpc) is 3.13. The third kappa shape index (κ3) is 6.29. The third-order valence-electron chi connectivity index (χ3n) is 3.39. The van der Waals surface area contributed by atoms with Crippen LogP contribution in [0.2, 0.25) is 0 Å². The van der Waals surface area contributed by atoms with Gasteiger partial charge in [0.1, 0.15) is 17.0 Å². The van der Waals surface area contributed by atoms with Gasteiger partial charge in [-0.2, -0.15) is 0 Å². The van der Waals surface area contributed by atoms with Crippen molar-refractivity contribution in [2.75, 3.05) is 0 Å². The van der Waals surface area contributed by atoms with Gasteiger partial charge in [-0.1, -0.05) is 18.2 Å². The van der Waals surface area contributed by atoms with Crippen LogP contribution in [0.25, 0.3) is 0 Å². The summed E-state index contributed by atoms with van der Waals surface area (Å²) in [6, 6.07) is 7.25. The Morgan fingerprint density at radius 2 is 1.60 bits per heavy atom. The minimum Gasteiger partial charge on any atom is -0.444 e. The molecule has 1 fully saturated rings. The highest BCUT2D eigenvalue weighted by atomic mass is 16.7. The van der Waals surface area contributed by atoms with Gasteiger partial charge in [0.15, 0.2) is 0 Å². The third-order valence-corrected chi connectivity index (χ3v) is 3.39. The van der Waals surface area contributed by atoms with Gasteiger partial charge in [-0.25, -0.2) is 9.59 Å². The van der Waals surface area contributed by atoms with Crippen LogP contribution in [-0.2, 0) is 9.47 Å². The Balaban J connectivity index is 1.98. The van der Waals surface area contributed by atoms with Crippen molar-refractivity contribution in [2.45, 2.75) is 71.1 Å². The minimum absolute atomic E-state index is 0.0294. The lowest BCUT2D eigenvalue weighted by Gasteiger charge is -2.20. The van der Waals surface area contributed by atoms with E-state index < -0.39 is 23.5 Å². The molecule has 6 nitrogen and oxygen atoms in total. The van der Waals surface area contributed by atoms with Gasteiger partial charge in [0, 0.05) is 17.5 Å². The first-order chi connectivity index (χ1) is 11.4. The fourth-order valence-electron chi connectivity index (χ4n) is 2.40. The summed E-state index contributed by atoms with van der Waals surface area (Å²) in [5, 5.41) is 2.84. The van der Waals surface area contributed by atoms with Gasteiger partial charge < -0.3 is 19.5 Å². The minimum atomic E-state index is -0.739. The molecule has 1 aromatic carbocycles. The van der Waals surface area contributed by atoms with Gasteiger partial charge in [-0.05, 0) is 54.0 Å². The van der Waals surface area contributed by atoms with Gasteiger partial charge in [-0.15, -0.1) is 0 Å². The molecule has 2 unspecified atom stereocenters. The Morgan fingerprint density at radius 1 is 1.00 bits per heavy atom. The van der Waals surface area contributed by atoms with Crippen LogP contribution in [0, 0.1) is 0 Å². The Bertz CT molecular complexity index is 642. The van der Waals surface area contributed by atoms with Gasteiger partial charge in [0.2, 0.25) is 0 Å². The molecule has 25 heavy (non-hydrogen) atoms. The SMILES string of the molecule is CC(C)(C)OC(=O)NC1CC1c1ccccc1OC(=O)OC(C)(C)C. The molecular weight excluding hydrogens is 322 g/mol. The molecule has 0 spiro atoms.